The number of β-amino-alcohol motifs (C(OH)–C–C–N with tert-alkyl or cyclic N) is 1. The first kappa shape index (κ1) is 17.9. The second-order valence-corrected chi connectivity index (χ2v) is 7.21. The summed E-state index contributed by atoms with van der Waals surface area (Å²) in [6, 6.07) is 7.77. The van der Waals surface area contributed by atoms with E-state index in [1.165, 1.54) is 12.4 Å². The largest absolute Gasteiger partial charge is 0.487 e. The third kappa shape index (κ3) is 3.79. The Hall–Kier alpha value is -2.51. The SMILES string of the molecule is O=C(N[C@H]1CC2(CCN(CCO)CC2)Oc2ccccc21)c1cnccn1. The summed E-state index contributed by atoms with van der Waals surface area (Å²) in [5.74, 6) is 0.612. The standard InChI is InChI=1S/C20H24N4O3/c25-12-11-24-9-5-20(6-10-24)13-16(15-3-1-2-4-18(15)27-20)23-19(26)17-14-21-7-8-22-17/h1-4,7-8,14,16,25H,5-6,9-13H2,(H,23,26)/t16-/m0/s1. The van der Waals surface area contributed by atoms with Crippen LogP contribution in [0.4, 0.5) is 0 Å². The second-order valence-electron chi connectivity index (χ2n) is 7.21. The van der Waals surface area contributed by atoms with Gasteiger partial charge in [-0.2, -0.15) is 0 Å². The van der Waals surface area contributed by atoms with E-state index in [2.05, 4.69) is 20.2 Å². The number of carbonyl (C=O) groups is 1. The summed E-state index contributed by atoms with van der Waals surface area (Å²) in [4.78, 5) is 23.0. The molecule has 0 unspecified atom stereocenters. The average Bonchev–Trinajstić information content (AvgIpc) is 2.71. The van der Waals surface area contributed by atoms with Crippen molar-refractivity contribution in [3.8, 4) is 5.75 Å². The molecule has 2 aliphatic heterocycles. The van der Waals surface area contributed by atoms with E-state index in [9.17, 15) is 4.79 Å². The van der Waals surface area contributed by atoms with Crippen LogP contribution in [0.3, 0.4) is 0 Å². The molecular formula is C20H24N4O3. The quantitative estimate of drug-likeness (QED) is 0.852. The summed E-state index contributed by atoms with van der Waals surface area (Å²) >= 11 is 0. The van der Waals surface area contributed by atoms with Crippen LogP contribution in [0, 0.1) is 0 Å². The second kappa shape index (κ2) is 7.62. The lowest BCUT2D eigenvalue weighted by Gasteiger charge is -2.47. The molecule has 1 saturated heterocycles. The van der Waals surface area contributed by atoms with Crippen molar-refractivity contribution in [3.05, 3.63) is 54.1 Å². The molecular weight excluding hydrogens is 344 g/mol. The molecule has 7 heteroatoms. The van der Waals surface area contributed by atoms with Gasteiger partial charge in [0.25, 0.3) is 5.91 Å². The zero-order valence-corrected chi connectivity index (χ0v) is 15.2. The summed E-state index contributed by atoms with van der Waals surface area (Å²) in [5, 5.41) is 12.3. The zero-order valence-electron chi connectivity index (χ0n) is 15.2. The summed E-state index contributed by atoms with van der Waals surface area (Å²) in [7, 11) is 0. The van der Waals surface area contributed by atoms with Crippen molar-refractivity contribution >= 4 is 5.91 Å². The number of aromatic nitrogens is 2. The van der Waals surface area contributed by atoms with E-state index >= 15 is 0 Å². The summed E-state index contributed by atoms with van der Waals surface area (Å²) in [6.45, 7) is 2.63. The van der Waals surface area contributed by atoms with Gasteiger partial charge in [0, 0.05) is 44.0 Å². The van der Waals surface area contributed by atoms with Crippen molar-refractivity contribution in [2.45, 2.75) is 30.9 Å². The molecule has 1 fully saturated rings. The first-order valence-electron chi connectivity index (χ1n) is 9.37. The van der Waals surface area contributed by atoms with Crippen LogP contribution < -0.4 is 10.1 Å². The summed E-state index contributed by atoms with van der Waals surface area (Å²) < 4.78 is 6.44. The van der Waals surface area contributed by atoms with E-state index in [1.807, 2.05) is 24.3 Å². The van der Waals surface area contributed by atoms with Gasteiger partial charge in [-0.05, 0) is 18.9 Å². The Kier molecular flexibility index (Phi) is 5.05. The topological polar surface area (TPSA) is 87.6 Å². The third-order valence-electron chi connectivity index (χ3n) is 5.48. The van der Waals surface area contributed by atoms with Gasteiger partial charge in [0.15, 0.2) is 0 Å². The number of carbonyl (C=O) groups excluding carboxylic acids is 1. The van der Waals surface area contributed by atoms with Gasteiger partial charge in [-0.3, -0.25) is 9.78 Å². The number of para-hydroxylation sites is 1. The molecule has 0 saturated carbocycles. The maximum atomic E-state index is 12.6. The molecule has 1 aromatic carbocycles. The predicted molar refractivity (Wildman–Crippen MR) is 99.4 cm³/mol. The maximum Gasteiger partial charge on any atom is 0.271 e. The molecule has 4 rings (SSSR count). The Labute approximate surface area is 158 Å². The van der Waals surface area contributed by atoms with Crippen molar-refractivity contribution < 1.29 is 14.6 Å². The van der Waals surface area contributed by atoms with Gasteiger partial charge >= 0.3 is 0 Å². The van der Waals surface area contributed by atoms with E-state index in [4.69, 9.17) is 9.84 Å². The number of hydrogen-bond donors (Lipinski definition) is 2. The predicted octanol–water partition coefficient (Wildman–Crippen LogP) is 1.56. The molecule has 7 nitrogen and oxygen atoms in total. The molecule has 0 radical (unpaired) electrons. The third-order valence-corrected chi connectivity index (χ3v) is 5.48. The fraction of sp³-hybridized carbons (Fsp3) is 0.450. The van der Waals surface area contributed by atoms with Crippen LogP contribution in [0.25, 0.3) is 0 Å². The van der Waals surface area contributed by atoms with Crippen molar-refractivity contribution in [2.24, 2.45) is 0 Å². The monoisotopic (exact) mass is 368 g/mol. The average molecular weight is 368 g/mol. The first-order chi connectivity index (χ1) is 13.2. The number of hydrogen-bond acceptors (Lipinski definition) is 6. The van der Waals surface area contributed by atoms with E-state index in [0.29, 0.717) is 12.2 Å². The van der Waals surface area contributed by atoms with Crippen molar-refractivity contribution in [2.75, 3.05) is 26.2 Å². The number of benzene rings is 1. The Morgan fingerprint density at radius 3 is 2.85 bits per heavy atom. The van der Waals surface area contributed by atoms with Crippen molar-refractivity contribution in [1.82, 2.24) is 20.2 Å². The van der Waals surface area contributed by atoms with Crippen LogP contribution in [-0.2, 0) is 0 Å². The molecule has 1 aromatic heterocycles. The minimum absolute atomic E-state index is 0.131. The highest BCUT2D eigenvalue weighted by Crippen LogP contribution is 2.44. The fourth-order valence-electron chi connectivity index (χ4n) is 4.03. The van der Waals surface area contributed by atoms with Gasteiger partial charge in [0.2, 0.25) is 0 Å². The number of rotatable bonds is 4. The van der Waals surface area contributed by atoms with Crippen molar-refractivity contribution in [1.29, 1.82) is 0 Å². The Morgan fingerprint density at radius 1 is 1.30 bits per heavy atom. The minimum atomic E-state index is -0.291. The number of nitrogens with zero attached hydrogens (tertiary/aromatic N) is 3. The number of aliphatic hydroxyl groups excluding tert-OH is 1. The molecule has 2 aromatic rings. The van der Waals surface area contributed by atoms with Crippen LogP contribution >= 0.6 is 0 Å². The van der Waals surface area contributed by atoms with Gasteiger partial charge in [-0.1, -0.05) is 18.2 Å². The van der Waals surface area contributed by atoms with Crippen molar-refractivity contribution in [3.63, 3.8) is 0 Å². The van der Waals surface area contributed by atoms with Gasteiger partial charge < -0.3 is 20.1 Å². The van der Waals surface area contributed by atoms with Crippen LogP contribution in [0.15, 0.2) is 42.9 Å². The Balaban J connectivity index is 1.55. The number of fused-ring (bicyclic) bond motifs is 1. The highest BCUT2D eigenvalue weighted by atomic mass is 16.5. The maximum absolute atomic E-state index is 12.6. The molecule has 1 atom stereocenters. The molecule has 1 amide bonds. The van der Waals surface area contributed by atoms with Crippen LogP contribution in [-0.4, -0.2) is 57.7 Å². The molecule has 0 aliphatic carbocycles. The minimum Gasteiger partial charge on any atom is -0.487 e. The Morgan fingerprint density at radius 2 is 2.11 bits per heavy atom. The molecule has 142 valence electrons. The number of nitrogens with one attached hydrogen (secondary N) is 1. The number of piperidine rings is 1. The van der Waals surface area contributed by atoms with Gasteiger partial charge in [0.05, 0.1) is 18.8 Å². The lowest BCUT2D eigenvalue weighted by atomic mass is 9.80. The number of ether oxygens (including phenoxy) is 1. The normalized spacial score (nSPS) is 21.3. The molecule has 2 N–H and O–H groups in total. The number of likely N-dealkylation sites (tertiary alicyclic amines) is 1. The molecule has 3 heterocycles. The van der Waals surface area contributed by atoms with E-state index in [0.717, 1.165) is 43.7 Å². The smallest absolute Gasteiger partial charge is 0.271 e. The lowest BCUT2D eigenvalue weighted by molar-refractivity contribution is -0.0270. The fourth-order valence-corrected chi connectivity index (χ4v) is 4.03. The van der Waals surface area contributed by atoms with E-state index in [1.54, 1.807) is 6.20 Å². The first-order valence-corrected chi connectivity index (χ1v) is 9.37. The van der Waals surface area contributed by atoms with E-state index in [-0.39, 0.29) is 24.2 Å². The highest BCUT2D eigenvalue weighted by molar-refractivity contribution is 5.92. The molecule has 1 spiro atoms. The summed E-state index contributed by atoms with van der Waals surface area (Å²) in [5.41, 5.74) is 1.02. The van der Waals surface area contributed by atoms with Crippen LogP contribution in [0.1, 0.15) is 41.4 Å². The van der Waals surface area contributed by atoms with Crippen LogP contribution in [0.5, 0.6) is 5.75 Å². The number of aliphatic hydroxyl groups is 1. The van der Waals surface area contributed by atoms with E-state index < -0.39 is 0 Å². The Bertz CT molecular complexity index is 791. The zero-order chi connectivity index (χ0) is 18.7. The molecule has 0 bridgehead atoms. The van der Waals surface area contributed by atoms with Gasteiger partial charge in [-0.25, -0.2) is 4.98 Å². The number of amides is 1. The molecule has 27 heavy (non-hydrogen) atoms. The van der Waals surface area contributed by atoms with Gasteiger partial charge in [-0.15, -0.1) is 0 Å². The lowest BCUT2D eigenvalue weighted by Crippen LogP contribution is -2.52. The highest BCUT2D eigenvalue weighted by Gasteiger charge is 2.43. The van der Waals surface area contributed by atoms with Gasteiger partial charge in [0.1, 0.15) is 17.0 Å². The van der Waals surface area contributed by atoms with Crippen LogP contribution in [0.2, 0.25) is 0 Å². The summed E-state index contributed by atoms with van der Waals surface area (Å²) in [6.07, 6.45) is 7.02. The molecule has 2 aliphatic rings.